The average molecular weight is 279 g/mol. The van der Waals surface area contributed by atoms with Gasteiger partial charge in [-0.25, -0.2) is 0 Å². The first-order chi connectivity index (χ1) is 9.75. The van der Waals surface area contributed by atoms with Crippen molar-refractivity contribution >= 4 is 11.8 Å². The van der Waals surface area contributed by atoms with Gasteiger partial charge in [0.2, 0.25) is 5.91 Å². The number of hydrogen-bond donors (Lipinski definition) is 0. The Balaban J connectivity index is 2.17. The highest BCUT2D eigenvalue weighted by molar-refractivity contribution is 6.00. The minimum Gasteiger partial charge on any atom is -0.279 e. The van der Waals surface area contributed by atoms with Crippen LogP contribution in [0.1, 0.15) is 77.6 Å². The second-order valence-corrected chi connectivity index (χ2v) is 5.65. The predicted molar refractivity (Wildman–Crippen MR) is 82.3 cm³/mol. The predicted octanol–water partition coefficient (Wildman–Crippen LogP) is 4.22. The van der Waals surface area contributed by atoms with Crippen molar-refractivity contribution < 1.29 is 9.59 Å². The van der Waals surface area contributed by atoms with Gasteiger partial charge in [-0.05, 0) is 31.8 Å². The van der Waals surface area contributed by atoms with Crippen molar-refractivity contribution in [3.05, 3.63) is 12.2 Å². The molecule has 0 radical (unpaired) electrons. The third kappa shape index (κ3) is 6.88. The normalized spacial score (nSPS) is 16.6. The molecule has 1 fully saturated rings. The molecule has 0 aromatic rings. The molecule has 0 N–H and O–H groups in total. The number of imide groups is 1. The molecule has 0 unspecified atom stereocenters. The van der Waals surface area contributed by atoms with Gasteiger partial charge in [0, 0.05) is 13.0 Å². The lowest BCUT2D eigenvalue weighted by molar-refractivity contribution is -0.141. The summed E-state index contributed by atoms with van der Waals surface area (Å²) in [7, 11) is 0. The van der Waals surface area contributed by atoms with Crippen LogP contribution in [0.2, 0.25) is 0 Å². The molecule has 0 aromatic heterocycles. The monoisotopic (exact) mass is 279 g/mol. The Bertz CT molecular complexity index is 323. The van der Waals surface area contributed by atoms with Crippen LogP contribution < -0.4 is 0 Å². The van der Waals surface area contributed by atoms with Crippen molar-refractivity contribution in [2.45, 2.75) is 77.6 Å². The van der Waals surface area contributed by atoms with Crippen LogP contribution in [-0.4, -0.2) is 23.3 Å². The number of likely N-dealkylation sites (tertiary alicyclic amines) is 1. The van der Waals surface area contributed by atoms with Gasteiger partial charge in [-0.1, -0.05) is 51.5 Å². The van der Waals surface area contributed by atoms with Crippen LogP contribution >= 0.6 is 0 Å². The lowest BCUT2D eigenvalue weighted by atomic mass is 10.1. The molecule has 3 nitrogen and oxygen atoms in total. The molecule has 0 bridgehead atoms. The maximum Gasteiger partial charge on any atom is 0.252 e. The maximum atomic E-state index is 12.0. The highest BCUT2D eigenvalue weighted by atomic mass is 16.2. The average Bonchev–Trinajstić information content (AvgIpc) is 2.66. The van der Waals surface area contributed by atoms with Gasteiger partial charge in [-0.15, -0.1) is 0 Å². The van der Waals surface area contributed by atoms with E-state index >= 15 is 0 Å². The molecule has 1 rings (SSSR count). The summed E-state index contributed by atoms with van der Waals surface area (Å²) in [5.74, 6) is -0.125. The Morgan fingerprint density at radius 3 is 2.65 bits per heavy atom. The zero-order valence-corrected chi connectivity index (χ0v) is 12.9. The van der Waals surface area contributed by atoms with Crippen molar-refractivity contribution in [3.8, 4) is 0 Å². The second kappa shape index (κ2) is 10.6. The van der Waals surface area contributed by atoms with Gasteiger partial charge in [-0.2, -0.15) is 0 Å². The Morgan fingerprint density at radius 1 is 1.10 bits per heavy atom. The highest BCUT2D eigenvalue weighted by Gasteiger charge is 2.20. The first-order valence-electron chi connectivity index (χ1n) is 8.26. The van der Waals surface area contributed by atoms with Gasteiger partial charge in [0.15, 0.2) is 0 Å². The minimum absolute atomic E-state index is 0.00304. The van der Waals surface area contributed by atoms with Gasteiger partial charge in [0.1, 0.15) is 0 Å². The van der Waals surface area contributed by atoms with Crippen LogP contribution in [0.3, 0.4) is 0 Å². The number of carbonyl (C=O) groups is 2. The molecule has 1 aliphatic rings. The number of allylic oxidation sites excluding steroid dienone is 1. The molecule has 0 aliphatic carbocycles. The maximum absolute atomic E-state index is 12.0. The number of unbranched alkanes of at least 4 members (excludes halogenated alkanes) is 6. The van der Waals surface area contributed by atoms with Gasteiger partial charge < -0.3 is 0 Å². The molecular formula is C17H29NO2. The van der Waals surface area contributed by atoms with E-state index in [0.29, 0.717) is 13.0 Å². The smallest absolute Gasteiger partial charge is 0.252 e. The van der Waals surface area contributed by atoms with E-state index in [9.17, 15) is 9.59 Å². The van der Waals surface area contributed by atoms with Crippen molar-refractivity contribution in [1.82, 2.24) is 4.90 Å². The zero-order valence-electron chi connectivity index (χ0n) is 12.9. The Hall–Kier alpha value is -1.12. The summed E-state index contributed by atoms with van der Waals surface area (Å²) in [4.78, 5) is 25.1. The molecule has 0 saturated carbocycles. The summed E-state index contributed by atoms with van der Waals surface area (Å²) >= 11 is 0. The van der Waals surface area contributed by atoms with Crippen LogP contribution in [0.25, 0.3) is 0 Å². The van der Waals surface area contributed by atoms with Crippen molar-refractivity contribution in [1.29, 1.82) is 0 Å². The summed E-state index contributed by atoms with van der Waals surface area (Å²) < 4.78 is 0. The Labute approximate surface area is 123 Å². The number of rotatable bonds is 8. The third-order valence-corrected chi connectivity index (χ3v) is 3.82. The number of amides is 2. The lowest BCUT2D eigenvalue weighted by Crippen LogP contribution is -2.35. The molecule has 1 heterocycles. The molecule has 0 spiro atoms. The SMILES string of the molecule is CCCCCCCC/C=C/C(=O)N1CCCCCC1=O. The van der Waals surface area contributed by atoms with Crippen LogP contribution in [0, 0.1) is 0 Å². The Kier molecular flexibility index (Phi) is 9.01. The van der Waals surface area contributed by atoms with E-state index in [1.807, 2.05) is 6.08 Å². The van der Waals surface area contributed by atoms with Crippen molar-refractivity contribution in [2.24, 2.45) is 0 Å². The first-order valence-corrected chi connectivity index (χ1v) is 8.26. The fourth-order valence-corrected chi connectivity index (χ4v) is 2.53. The molecule has 1 saturated heterocycles. The van der Waals surface area contributed by atoms with Gasteiger partial charge >= 0.3 is 0 Å². The van der Waals surface area contributed by atoms with Gasteiger partial charge in [0.05, 0.1) is 0 Å². The summed E-state index contributed by atoms with van der Waals surface area (Å²) in [5.41, 5.74) is 0. The van der Waals surface area contributed by atoms with Gasteiger partial charge in [0.25, 0.3) is 5.91 Å². The summed E-state index contributed by atoms with van der Waals surface area (Å²) in [5, 5.41) is 0. The van der Waals surface area contributed by atoms with E-state index in [-0.39, 0.29) is 11.8 Å². The van der Waals surface area contributed by atoms with E-state index in [2.05, 4.69) is 6.92 Å². The number of nitrogens with zero attached hydrogens (tertiary/aromatic N) is 1. The standard InChI is InChI=1S/C17H29NO2/c1-2-3-4-5-6-7-8-10-13-16(19)18-15-12-9-11-14-17(18)20/h10,13H,2-9,11-12,14-15H2,1H3/b13-10+. The molecule has 20 heavy (non-hydrogen) atoms. The van der Waals surface area contributed by atoms with Crippen LogP contribution in [0.5, 0.6) is 0 Å². The Morgan fingerprint density at radius 2 is 1.85 bits per heavy atom. The third-order valence-electron chi connectivity index (χ3n) is 3.82. The zero-order chi connectivity index (χ0) is 14.6. The fraction of sp³-hybridized carbons (Fsp3) is 0.765. The summed E-state index contributed by atoms with van der Waals surface area (Å²) in [6.07, 6.45) is 15.5. The molecule has 3 heteroatoms. The van der Waals surface area contributed by atoms with Crippen LogP contribution in [-0.2, 0) is 9.59 Å². The van der Waals surface area contributed by atoms with E-state index in [1.165, 1.54) is 37.0 Å². The first kappa shape index (κ1) is 16.9. The van der Waals surface area contributed by atoms with E-state index in [1.54, 1.807) is 6.08 Å². The topological polar surface area (TPSA) is 37.4 Å². The fourth-order valence-electron chi connectivity index (χ4n) is 2.53. The molecule has 1 aliphatic heterocycles. The number of carbonyl (C=O) groups excluding carboxylic acids is 2. The van der Waals surface area contributed by atoms with Crippen LogP contribution in [0.4, 0.5) is 0 Å². The quantitative estimate of drug-likeness (QED) is 0.492. The molecule has 114 valence electrons. The molecular weight excluding hydrogens is 250 g/mol. The molecule has 0 atom stereocenters. The largest absolute Gasteiger partial charge is 0.279 e. The second-order valence-electron chi connectivity index (χ2n) is 5.65. The summed E-state index contributed by atoms with van der Waals surface area (Å²) in [6, 6.07) is 0. The number of hydrogen-bond acceptors (Lipinski definition) is 2. The highest BCUT2D eigenvalue weighted by Crippen LogP contribution is 2.12. The summed E-state index contributed by atoms with van der Waals surface area (Å²) in [6.45, 7) is 2.82. The van der Waals surface area contributed by atoms with E-state index in [4.69, 9.17) is 0 Å². The van der Waals surface area contributed by atoms with E-state index < -0.39 is 0 Å². The molecule has 2 amide bonds. The molecule has 0 aromatic carbocycles. The van der Waals surface area contributed by atoms with Crippen molar-refractivity contribution in [3.63, 3.8) is 0 Å². The minimum atomic E-state index is -0.122. The van der Waals surface area contributed by atoms with Crippen LogP contribution in [0.15, 0.2) is 12.2 Å². The van der Waals surface area contributed by atoms with E-state index in [0.717, 1.165) is 32.1 Å². The lowest BCUT2D eigenvalue weighted by Gasteiger charge is -2.15. The van der Waals surface area contributed by atoms with Crippen molar-refractivity contribution in [2.75, 3.05) is 6.54 Å². The van der Waals surface area contributed by atoms with Gasteiger partial charge in [-0.3, -0.25) is 14.5 Å².